The van der Waals surface area contributed by atoms with Crippen LogP contribution in [0.25, 0.3) is 0 Å². The Morgan fingerprint density at radius 1 is 1.18 bits per heavy atom. The summed E-state index contributed by atoms with van der Waals surface area (Å²) in [6.07, 6.45) is 8.35. The van der Waals surface area contributed by atoms with E-state index in [4.69, 9.17) is 9.47 Å². The van der Waals surface area contributed by atoms with Gasteiger partial charge in [0.25, 0.3) is 0 Å². The summed E-state index contributed by atoms with van der Waals surface area (Å²) in [7, 11) is 0. The van der Waals surface area contributed by atoms with Crippen molar-refractivity contribution in [3.05, 3.63) is 18.0 Å². The molecule has 5 heteroatoms. The van der Waals surface area contributed by atoms with E-state index in [1.54, 1.807) is 0 Å². The Bertz CT molecular complexity index is 480. The van der Waals surface area contributed by atoms with E-state index in [2.05, 4.69) is 20.7 Å². The van der Waals surface area contributed by atoms with Gasteiger partial charge >= 0.3 is 0 Å². The van der Waals surface area contributed by atoms with Crippen LogP contribution in [0, 0.1) is 5.92 Å². The predicted octanol–water partition coefficient (Wildman–Crippen LogP) is 2.24. The molecule has 0 N–H and O–H groups in total. The summed E-state index contributed by atoms with van der Waals surface area (Å²) in [5.41, 5.74) is 1.35. The van der Waals surface area contributed by atoms with Crippen molar-refractivity contribution in [2.45, 2.75) is 50.7 Å². The number of nitrogens with zero attached hydrogens (tertiary/aromatic N) is 3. The molecule has 0 unspecified atom stereocenters. The van der Waals surface area contributed by atoms with E-state index in [0.717, 1.165) is 58.4 Å². The lowest BCUT2D eigenvalue weighted by molar-refractivity contribution is -0.00428. The first-order chi connectivity index (χ1) is 10.9. The average molecular weight is 305 g/mol. The van der Waals surface area contributed by atoms with Crippen molar-refractivity contribution >= 4 is 0 Å². The van der Waals surface area contributed by atoms with Crippen LogP contribution in [0.3, 0.4) is 0 Å². The van der Waals surface area contributed by atoms with Crippen molar-refractivity contribution in [2.24, 2.45) is 5.92 Å². The van der Waals surface area contributed by atoms with E-state index in [-0.39, 0.29) is 0 Å². The zero-order valence-electron chi connectivity index (χ0n) is 13.3. The van der Waals surface area contributed by atoms with E-state index in [9.17, 15) is 0 Å². The van der Waals surface area contributed by atoms with Crippen LogP contribution < -0.4 is 0 Å². The Morgan fingerprint density at radius 2 is 2.05 bits per heavy atom. The fraction of sp³-hybridized carbons (Fsp3) is 0.824. The molecule has 22 heavy (non-hydrogen) atoms. The summed E-state index contributed by atoms with van der Waals surface area (Å²) < 4.78 is 13.7. The van der Waals surface area contributed by atoms with E-state index < -0.39 is 0 Å². The van der Waals surface area contributed by atoms with Crippen LogP contribution in [0.1, 0.15) is 43.8 Å². The molecule has 0 amide bonds. The maximum Gasteiger partial charge on any atom is 0.0883 e. The SMILES string of the molecule is c1cc2n(n1)[C@H](COCC1CCOCC1)CN(C1CCC1)C2. The minimum Gasteiger partial charge on any atom is -0.381 e. The van der Waals surface area contributed by atoms with E-state index in [1.165, 1.54) is 25.0 Å². The van der Waals surface area contributed by atoms with Crippen molar-refractivity contribution in [3.63, 3.8) is 0 Å². The molecule has 0 aromatic carbocycles. The van der Waals surface area contributed by atoms with Crippen molar-refractivity contribution in [1.29, 1.82) is 0 Å². The smallest absolute Gasteiger partial charge is 0.0883 e. The molecule has 1 saturated carbocycles. The van der Waals surface area contributed by atoms with Crippen LogP contribution in [0.4, 0.5) is 0 Å². The number of aromatic nitrogens is 2. The fourth-order valence-corrected chi connectivity index (χ4v) is 3.85. The standard InChI is InChI=1S/C17H27N3O2/c1-2-15(3-1)19-10-16-4-7-18-20(16)17(11-19)13-22-12-14-5-8-21-9-6-14/h4,7,14-15,17H,1-3,5-6,8-13H2/t17-/m0/s1. The fourth-order valence-electron chi connectivity index (χ4n) is 3.85. The number of fused-ring (bicyclic) bond motifs is 1. The van der Waals surface area contributed by atoms with Crippen LogP contribution in [-0.2, 0) is 16.0 Å². The molecule has 4 rings (SSSR count). The lowest BCUT2D eigenvalue weighted by atomic mass is 9.90. The highest BCUT2D eigenvalue weighted by atomic mass is 16.5. The number of hydrogen-bond donors (Lipinski definition) is 0. The van der Waals surface area contributed by atoms with Crippen LogP contribution in [0.15, 0.2) is 12.3 Å². The summed E-state index contributed by atoms with van der Waals surface area (Å²) >= 11 is 0. The number of ether oxygens (including phenoxy) is 2. The molecule has 122 valence electrons. The second-order valence-electron chi connectivity index (χ2n) is 7.03. The summed E-state index contributed by atoms with van der Waals surface area (Å²) in [6.45, 7) is 5.61. The second kappa shape index (κ2) is 6.69. The van der Waals surface area contributed by atoms with Crippen molar-refractivity contribution in [1.82, 2.24) is 14.7 Å². The average Bonchev–Trinajstić information content (AvgIpc) is 2.95. The van der Waals surface area contributed by atoms with Crippen LogP contribution in [0.5, 0.6) is 0 Å². The number of rotatable bonds is 5. The second-order valence-corrected chi connectivity index (χ2v) is 7.03. The van der Waals surface area contributed by atoms with Gasteiger partial charge in [0.2, 0.25) is 0 Å². The topological polar surface area (TPSA) is 39.5 Å². The lowest BCUT2D eigenvalue weighted by Crippen LogP contribution is -2.47. The van der Waals surface area contributed by atoms with Gasteiger partial charge in [-0.2, -0.15) is 5.10 Å². The maximum atomic E-state index is 6.08. The quantitative estimate of drug-likeness (QED) is 0.836. The van der Waals surface area contributed by atoms with Gasteiger partial charge in [-0.25, -0.2) is 0 Å². The molecule has 2 aliphatic heterocycles. The molecule has 3 heterocycles. The normalized spacial score (nSPS) is 27.5. The monoisotopic (exact) mass is 305 g/mol. The molecular formula is C17H27N3O2. The highest BCUT2D eigenvalue weighted by molar-refractivity contribution is 5.06. The van der Waals surface area contributed by atoms with E-state index >= 15 is 0 Å². The molecule has 1 atom stereocenters. The van der Waals surface area contributed by atoms with E-state index in [1.807, 2.05) is 6.20 Å². The summed E-state index contributed by atoms with van der Waals surface area (Å²) in [5.74, 6) is 0.678. The summed E-state index contributed by atoms with van der Waals surface area (Å²) in [4.78, 5) is 2.64. The van der Waals surface area contributed by atoms with Crippen LogP contribution in [-0.4, -0.2) is 53.7 Å². The lowest BCUT2D eigenvalue weighted by Gasteiger charge is -2.42. The predicted molar refractivity (Wildman–Crippen MR) is 83.7 cm³/mol. The molecule has 1 aliphatic carbocycles. The third-order valence-electron chi connectivity index (χ3n) is 5.50. The Kier molecular flexibility index (Phi) is 4.46. The largest absolute Gasteiger partial charge is 0.381 e. The first-order valence-electron chi connectivity index (χ1n) is 8.82. The third kappa shape index (κ3) is 3.07. The Morgan fingerprint density at radius 3 is 2.82 bits per heavy atom. The van der Waals surface area contributed by atoms with Gasteiger partial charge in [0.05, 0.1) is 18.3 Å². The van der Waals surface area contributed by atoms with Gasteiger partial charge in [-0.05, 0) is 37.7 Å². The first kappa shape index (κ1) is 14.7. The van der Waals surface area contributed by atoms with Gasteiger partial charge in [0, 0.05) is 45.1 Å². The Hall–Kier alpha value is -0.910. The van der Waals surface area contributed by atoms with Gasteiger partial charge in [-0.3, -0.25) is 9.58 Å². The van der Waals surface area contributed by atoms with Gasteiger partial charge in [0.1, 0.15) is 0 Å². The molecular weight excluding hydrogens is 278 g/mol. The Labute approximate surface area is 132 Å². The van der Waals surface area contributed by atoms with Crippen molar-refractivity contribution in [2.75, 3.05) is 33.0 Å². The minimum atomic E-state index is 0.374. The van der Waals surface area contributed by atoms with Crippen molar-refractivity contribution < 1.29 is 9.47 Å². The molecule has 5 nitrogen and oxygen atoms in total. The number of hydrogen-bond acceptors (Lipinski definition) is 4. The summed E-state index contributed by atoms with van der Waals surface area (Å²) in [5, 5.41) is 4.53. The molecule has 1 aromatic heterocycles. The van der Waals surface area contributed by atoms with Crippen molar-refractivity contribution in [3.8, 4) is 0 Å². The molecule has 0 radical (unpaired) electrons. The molecule has 1 saturated heterocycles. The highest BCUT2D eigenvalue weighted by Crippen LogP contribution is 2.31. The van der Waals surface area contributed by atoms with Gasteiger partial charge in [-0.15, -0.1) is 0 Å². The zero-order chi connectivity index (χ0) is 14.8. The van der Waals surface area contributed by atoms with E-state index in [0.29, 0.717) is 12.0 Å². The van der Waals surface area contributed by atoms with Crippen LogP contribution in [0.2, 0.25) is 0 Å². The molecule has 0 spiro atoms. The van der Waals surface area contributed by atoms with Gasteiger partial charge in [0.15, 0.2) is 0 Å². The minimum absolute atomic E-state index is 0.374. The van der Waals surface area contributed by atoms with Crippen LogP contribution >= 0.6 is 0 Å². The zero-order valence-corrected chi connectivity index (χ0v) is 13.3. The molecule has 1 aromatic rings. The summed E-state index contributed by atoms with van der Waals surface area (Å²) in [6, 6.07) is 3.33. The van der Waals surface area contributed by atoms with Gasteiger partial charge < -0.3 is 9.47 Å². The molecule has 0 bridgehead atoms. The Balaban J connectivity index is 1.33. The molecule has 3 aliphatic rings. The first-order valence-corrected chi connectivity index (χ1v) is 8.82. The third-order valence-corrected chi connectivity index (χ3v) is 5.50. The van der Waals surface area contributed by atoms with Gasteiger partial charge in [-0.1, -0.05) is 6.42 Å². The maximum absolute atomic E-state index is 6.08. The molecule has 2 fully saturated rings. The highest BCUT2D eigenvalue weighted by Gasteiger charge is 2.32.